The van der Waals surface area contributed by atoms with Crippen molar-refractivity contribution < 1.29 is 27.1 Å². The number of carbonyl (C=O) groups is 2. The van der Waals surface area contributed by atoms with Crippen LogP contribution in [0.5, 0.6) is 5.75 Å². The van der Waals surface area contributed by atoms with Gasteiger partial charge in [-0.15, -0.1) is 0 Å². The lowest BCUT2D eigenvalue weighted by molar-refractivity contribution is -0.139. The lowest BCUT2D eigenvalue weighted by Gasteiger charge is -2.32. The number of hydrogen-bond donors (Lipinski definition) is 1. The highest BCUT2D eigenvalue weighted by molar-refractivity contribution is 7.92. The largest absolute Gasteiger partial charge is 0.495 e. The number of nitrogens with zero attached hydrogens (tertiary/aromatic N) is 2. The van der Waals surface area contributed by atoms with E-state index in [1.54, 1.807) is 25.1 Å². The maximum absolute atomic E-state index is 13.9. The van der Waals surface area contributed by atoms with Crippen LogP contribution in [0.3, 0.4) is 0 Å². The zero-order valence-corrected chi connectivity index (χ0v) is 24.4. The number of amides is 2. The Balaban J connectivity index is 2.04. The van der Waals surface area contributed by atoms with Gasteiger partial charge in [-0.3, -0.25) is 13.9 Å². The molecule has 2 amide bonds. The van der Waals surface area contributed by atoms with Crippen LogP contribution in [0.25, 0.3) is 0 Å². The van der Waals surface area contributed by atoms with E-state index in [1.807, 2.05) is 13.8 Å². The summed E-state index contributed by atoms with van der Waals surface area (Å²) in [6, 6.07) is 16.5. The van der Waals surface area contributed by atoms with Gasteiger partial charge in [-0.25, -0.2) is 12.8 Å². The third-order valence-electron chi connectivity index (χ3n) is 6.47. The molecule has 3 aromatic rings. The number of benzene rings is 3. The number of methoxy groups -OCH3 is 1. The lowest BCUT2D eigenvalue weighted by atomic mass is 10.1. The van der Waals surface area contributed by atoms with Gasteiger partial charge >= 0.3 is 0 Å². The van der Waals surface area contributed by atoms with Crippen molar-refractivity contribution in [3.63, 3.8) is 0 Å². The number of carbonyl (C=O) groups excluding carboxylic acids is 2. The Morgan fingerprint density at radius 3 is 2.25 bits per heavy atom. The molecule has 11 heteroatoms. The third kappa shape index (κ3) is 7.51. The number of nitrogens with one attached hydrogen (secondary N) is 1. The van der Waals surface area contributed by atoms with Crippen LogP contribution in [-0.4, -0.2) is 50.9 Å². The normalized spacial score (nSPS) is 12.8. The van der Waals surface area contributed by atoms with Crippen molar-refractivity contribution in [1.82, 2.24) is 10.2 Å². The predicted molar refractivity (Wildman–Crippen MR) is 153 cm³/mol. The van der Waals surface area contributed by atoms with Crippen LogP contribution in [-0.2, 0) is 26.2 Å². The molecule has 3 aromatic carbocycles. The summed E-state index contributed by atoms with van der Waals surface area (Å²) in [4.78, 5) is 28.2. The van der Waals surface area contributed by atoms with Gasteiger partial charge in [0, 0.05) is 12.6 Å². The molecule has 1 N–H and O–H groups in total. The molecule has 0 radical (unpaired) electrons. The molecule has 0 heterocycles. The minimum absolute atomic E-state index is 0.0256. The Bertz CT molecular complexity index is 1420. The fourth-order valence-corrected chi connectivity index (χ4v) is 5.57. The number of sulfonamides is 1. The van der Waals surface area contributed by atoms with Gasteiger partial charge in [0.2, 0.25) is 11.8 Å². The molecule has 0 spiro atoms. The first-order valence-corrected chi connectivity index (χ1v) is 14.5. The van der Waals surface area contributed by atoms with Crippen LogP contribution in [0, 0.1) is 5.82 Å². The Morgan fingerprint density at radius 2 is 1.68 bits per heavy atom. The van der Waals surface area contributed by atoms with E-state index in [2.05, 4.69) is 5.32 Å². The molecule has 2 unspecified atom stereocenters. The molecular formula is C29H33ClFN3O5S. The van der Waals surface area contributed by atoms with E-state index in [4.69, 9.17) is 16.3 Å². The van der Waals surface area contributed by atoms with Crippen molar-refractivity contribution in [2.45, 2.75) is 50.7 Å². The lowest BCUT2D eigenvalue weighted by Crippen LogP contribution is -2.52. The quantitative estimate of drug-likeness (QED) is 0.320. The minimum atomic E-state index is -4.23. The van der Waals surface area contributed by atoms with E-state index in [-0.39, 0.29) is 28.2 Å². The Hall–Kier alpha value is -3.63. The highest BCUT2D eigenvalue weighted by Gasteiger charge is 2.33. The van der Waals surface area contributed by atoms with Gasteiger partial charge in [0.05, 0.1) is 22.7 Å². The smallest absolute Gasteiger partial charge is 0.264 e. The summed E-state index contributed by atoms with van der Waals surface area (Å²) in [5.74, 6) is -1.14. The molecule has 214 valence electrons. The van der Waals surface area contributed by atoms with Crippen molar-refractivity contribution in [3.05, 3.63) is 89.2 Å². The zero-order chi connectivity index (χ0) is 29.4. The number of ether oxygens (including phenoxy) is 1. The summed E-state index contributed by atoms with van der Waals surface area (Å²) >= 11 is 6.32. The van der Waals surface area contributed by atoms with Crippen LogP contribution < -0.4 is 14.4 Å². The zero-order valence-electron chi connectivity index (χ0n) is 22.8. The van der Waals surface area contributed by atoms with E-state index in [0.717, 1.165) is 4.31 Å². The molecule has 0 aliphatic carbocycles. The highest BCUT2D eigenvalue weighted by atomic mass is 35.5. The van der Waals surface area contributed by atoms with Gasteiger partial charge in [0.15, 0.2) is 0 Å². The Kier molecular flexibility index (Phi) is 10.5. The Morgan fingerprint density at radius 1 is 1.02 bits per heavy atom. The van der Waals surface area contributed by atoms with Crippen LogP contribution in [0.15, 0.2) is 77.7 Å². The molecule has 0 fully saturated rings. The molecule has 3 rings (SSSR count). The maximum Gasteiger partial charge on any atom is 0.264 e. The van der Waals surface area contributed by atoms with Gasteiger partial charge in [0.25, 0.3) is 10.0 Å². The third-order valence-corrected chi connectivity index (χ3v) is 8.55. The van der Waals surface area contributed by atoms with E-state index in [0.29, 0.717) is 17.7 Å². The monoisotopic (exact) mass is 589 g/mol. The average Bonchev–Trinajstić information content (AvgIpc) is 2.95. The summed E-state index contributed by atoms with van der Waals surface area (Å²) in [7, 11) is -2.80. The fraction of sp³-hybridized carbons (Fsp3) is 0.310. The number of hydrogen-bond acceptors (Lipinski definition) is 5. The predicted octanol–water partition coefficient (Wildman–Crippen LogP) is 5.02. The first-order valence-electron chi connectivity index (χ1n) is 12.7. The van der Waals surface area contributed by atoms with Crippen LogP contribution in [0.1, 0.15) is 32.8 Å². The van der Waals surface area contributed by atoms with Crippen molar-refractivity contribution in [2.75, 3.05) is 18.0 Å². The highest BCUT2D eigenvalue weighted by Crippen LogP contribution is 2.32. The standard InChI is InChI=1S/C29H33ClFN3O5S/c1-5-20(2)32-29(36)21(3)33(18-22-11-13-23(31)14-12-22)28(35)19-34(24-15-16-27(39-4)26(30)17-24)40(37,38)25-9-7-6-8-10-25/h6-17,20-21H,5,18-19H2,1-4H3,(H,32,36). The van der Waals surface area contributed by atoms with Crippen molar-refractivity contribution in [3.8, 4) is 5.75 Å². The topological polar surface area (TPSA) is 96.0 Å². The van der Waals surface area contributed by atoms with Crippen molar-refractivity contribution >= 4 is 39.1 Å². The van der Waals surface area contributed by atoms with E-state index in [1.165, 1.54) is 66.6 Å². The van der Waals surface area contributed by atoms with Gasteiger partial charge in [0.1, 0.15) is 24.2 Å². The molecule has 0 bridgehead atoms. The van der Waals surface area contributed by atoms with E-state index >= 15 is 0 Å². The second kappa shape index (κ2) is 13.6. The second-order valence-electron chi connectivity index (χ2n) is 9.29. The van der Waals surface area contributed by atoms with Gasteiger partial charge < -0.3 is 15.0 Å². The summed E-state index contributed by atoms with van der Waals surface area (Å²) in [5.41, 5.74) is 0.712. The van der Waals surface area contributed by atoms with Gasteiger partial charge in [-0.05, 0) is 68.3 Å². The Labute approximate surface area is 239 Å². The summed E-state index contributed by atoms with van der Waals surface area (Å²) in [5, 5.41) is 3.02. The SMILES string of the molecule is CCC(C)NC(=O)C(C)N(Cc1ccc(F)cc1)C(=O)CN(c1ccc(OC)c(Cl)c1)S(=O)(=O)c1ccccc1. The number of halogens is 2. The first-order chi connectivity index (χ1) is 19.0. The summed E-state index contributed by atoms with van der Waals surface area (Å²) < 4.78 is 47.3. The van der Waals surface area contributed by atoms with Crippen LogP contribution in [0.4, 0.5) is 10.1 Å². The molecule has 0 saturated heterocycles. The van der Waals surface area contributed by atoms with Crippen molar-refractivity contribution in [2.24, 2.45) is 0 Å². The number of anilines is 1. The maximum atomic E-state index is 13.9. The van der Waals surface area contributed by atoms with Gasteiger partial charge in [-0.2, -0.15) is 0 Å². The molecule has 0 aliphatic heterocycles. The average molecular weight is 590 g/mol. The summed E-state index contributed by atoms with van der Waals surface area (Å²) in [6.07, 6.45) is 0.686. The molecule has 40 heavy (non-hydrogen) atoms. The first kappa shape index (κ1) is 30.9. The molecule has 0 aliphatic rings. The van der Waals surface area contributed by atoms with Crippen molar-refractivity contribution in [1.29, 1.82) is 0 Å². The molecule has 0 saturated carbocycles. The van der Waals surface area contributed by atoms with Gasteiger partial charge in [-0.1, -0.05) is 48.9 Å². The van der Waals surface area contributed by atoms with Crippen LogP contribution in [0.2, 0.25) is 5.02 Å². The minimum Gasteiger partial charge on any atom is -0.495 e. The summed E-state index contributed by atoms with van der Waals surface area (Å²) in [6.45, 7) is 4.67. The van der Waals surface area contributed by atoms with E-state index in [9.17, 15) is 22.4 Å². The second-order valence-corrected chi connectivity index (χ2v) is 11.6. The molecule has 2 atom stereocenters. The van der Waals surface area contributed by atoms with E-state index < -0.39 is 40.2 Å². The fourth-order valence-electron chi connectivity index (χ4n) is 3.89. The molecule has 0 aromatic heterocycles. The molecular weight excluding hydrogens is 557 g/mol. The number of rotatable bonds is 12. The molecule has 8 nitrogen and oxygen atoms in total. The van der Waals surface area contributed by atoms with Crippen LogP contribution >= 0.6 is 11.6 Å².